The third-order valence-electron chi connectivity index (χ3n) is 3.06. The van der Waals surface area contributed by atoms with E-state index in [1.165, 1.54) is 12.1 Å². The molecule has 0 saturated heterocycles. The molecule has 2 rings (SSSR count). The molecule has 0 aliphatic carbocycles. The van der Waals surface area contributed by atoms with Gasteiger partial charge in [-0.1, -0.05) is 22.9 Å². The first kappa shape index (κ1) is 15.9. The van der Waals surface area contributed by atoms with E-state index in [1.807, 2.05) is 26.0 Å². The molecule has 2 aromatic rings. The van der Waals surface area contributed by atoms with E-state index in [9.17, 15) is 8.78 Å². The number of benzene rings is 2. The largest absolute Gasteiger partial charge is 0.454 e. The van der Waals surface area contributed by atoms with E-state index >= 15 is 0 Å². The van der Waals surface area contributed by atoms with E-state index in [0.29, 0.717) is 5.75 Å². The first-order valence-corrected chi connectivity index (χ1v) is 7.46. The van der Waals surface area contributed by atoms with Crippen LogP contribution in [0.4, 0.5) is 8.78 Å². The first-order chi connectivity index (χ1) is 10.0. The SMILES string of the molecule is CCNC(C)c1cc(Br)ccc1Oc1ccc(F)cc1F. The molecule has 21 heavy (non-hydrogen) atoms. The third kappa shape index (κ3) is 4.02. The van der Waals surface area contributed by atoms with Crippen LogP contribution in [0.15, 0.2) is 40.9 Å². The number of hydrogen-bond donors (Lipinski definition) is 1. The molecule has 0 aromatic heterocycles. The molecule has 0 radical (unpaired) electrons. The summed E-state index contributed by atoms with van der Waals surface area (Å²) in [6.45, 7) is 4.81. The van der Waals surface area contributed by atoms with Gasteiger partial charge in [0.1, 0.15) is 11.6 Å². The minimum atomic E-state index is -0.722. The second-order valence-electron chi connectivity index (χ2n) is 4.64. The number of nitrogens with one attached hydrogen (secondary N) is 1. The van der Waals surface area contributed by atoms with Crippen molar-refractivity contribution in [3.63, 3.8) is 0 Å². The van der Waals surface area contributed by atoms with Gasteiger partial charge < -0.3 is 10.1 Å². The van der Waals surface area contributed by atoms with E-state index in [2.05, 4.69) is 21.2 Å². The highest BCUT2D eigenvalue weighted by molar-refractivity contribution is 9.10. The number of hydrogen-bond acceptors (Lipinski definition) is 2. The maximum Gasteiger partial charge on any atom is 0.168 e. The summed E-state index contributed by atoms with van der Waals surface area (Å²) in [6, 6.07) is 8.81. The van der Waals surface area contributed by atoms with Crippen molar-refractivity contribution in [3.8, 4) is 11.5 Å². The van der Waals surface area contributed by atoms with Crippen LogP contribution in [0, 0.1) is 11.6 Å². The van der Waals surface area contributed by atoms with Crippen LogP contribution in [0.5, 0.6) is 11.5 Å². The molecular formula is C16H16BrF2NO. The molecular weight excluding hydrogens is 340 g/mol. The molecule has 0 bridgehead atoms. The Hall–Kier alpha value is -1.46. The molecule has 2 aromatic carbocycles. The molecule has 0 saturated carbocycles. The Morgan fingerprint density at radius 1 is 1.14 bits per heavy atom. The third-order valence-corrected chi connectivity index (χ3v) is 3.56. The van der Waals surface area contributed by atoms with Crippen LogP contribution >= 0.6 is 15.9 Å². The lowest BCUT2D eigenvalue weighted by Gasteiger charge is -2.18. The van der Waals surface area contributed by atoms with Crippen molar-refractivity contribution in [1.29, 1.82) is 0 Å². The van der Waals surface area contributed by atoms with Gasteiger partial charge in [-0.3, -0.25) is 0 Å². The summed E-state index contributed by atoms with van der Waals surface area (Å²) in [5.41, 5.74) is 0.898. The Balaban J connectivity index is 2.34. The summed E-state index contributed by atoms with van der Waals surface area (Å²) >= 11 is 3.42. The molecule has 0 aliphatic rings. The van der Waals surface area contributed by atoms with Gasteiger partial charge in [-0.15, -0.1) is 0 Å². The number of rotatable bonds is 5. The Morgan fingerprint density at radius 2 is 1.86 bits per heavy atom. The van der Waals surface area contributed by atoms with Crippen LogP contribution in [-0.4, -0.2) is 6.54 Å². The van der Waals surface area contributed by atoms with Crippen molar-refractivity contribution in [1.82, 2.24) is 5.32 Å². The maximum absolute atomic E-state index is 13.7. The molecule has 1 atom stereocenters. The fraction of sp³-hybridized carbons (Fsp3) is 0.250. The molecule has 112 valence electrons. The summed E-state index contributed by atoms with van der Waals surface area (Å²) < 4.78 is 33.2. The van der Waals surface area contributed by atoms with Crippen LogP contribution in [0.1, 0.15) is 25.5 Å². The minimum Gasteiger partial charge on any atom is -0.454 e. The molecule has 1 unspecified atom stereocenters. The summed E-state index contributed by atoms with van der Waals surface area (Å²) in [5, 5.41) is 3.28. The van der Waals surface area contributed by atoms with Gasteiger partial charge in [0, 0.05) is 22.1 Å². The van der Waals surface area contributed by atoms with Crippen molar-refractivity contribution in [2.24, 2.45) is 0 Å². The standard InChI is InChI=1S/C16H16BrF2NO/c1-3-20-10(2)13-8-11(17)4-6-15(13)21-16-7-5-12(18)9-14(16)19/h4-10,20H,3H2,1-2H3. The van der Waals surface area contributed by atoms with Crippen LogP contribution in [0.2, 0.25) is 0 Å². The van der Waals surface area contributed by atoms with Crippen molar-refractivity contribution < 1.29 is 13.5 Å². The zero-order valence-corrected chi connectivity index (χ0v) is 13.4. The predicted octanol–water partition coefficient (Wildman–Crippen LogP) is 5.19. The lowest BCUT2D eigenvalue weighted by molar-refractivity contribution is 0.426. The van der Waals surface area contributed by atoms with Crippen molar-refractivity contribution in [2.75, 3.05) is 6.54 Å². The van der Waals surface area contributed by atoms with Gasteiger partial charge in [0.25, 0.3) is 0 Å². The zero-order valence-electron chi connectivity index (χ0n) is 11.8. The Bertz CT molecular complexity index is 634. The smallest absolute Gasteiger partial charge is 0.168 e. The maximum atomic E-state index is 13.7. The molecule has 0 heterocycles. The summed E-state index contributed by atoms with van der Waals surface area (Å²) in [5.74, 6) is -0.808. The summed E-state index contributed by atoms with van der Waals surface area (Å²) in [7, 11) is 0. The highest BCUT2D eigenvalue weighted by Crippen LogP contribution is 2.33. The van der Waals surface area contributed by atoms with Crippen LogP contribution < -0.4 is 10.1 Å². The quantitative estimate of drug-likeness (QED) is 0.796. The molecule has 0 aliphatic heterocycles. The molecule has 1 N–H and O–H groups in total. The Labute approximate surface area is 131 Å². The molecule has 5 heteroatoms. The molecule has 2 nitrogen and oxygen atoms in total. The normalized spacial score (nSPS) is 12.2. The van der Waals surface area contributed by atoms with Gasteiger partial charge >= 0.3 is 0 Å². The lowest BCUT2D eigenvalue weighted by Crippen LogP contribution is -2.18. The average Bonchev–Trinajstić information content (AvgIpc) is 2.43. The average molecular weight is 356 g/mol. The van der Waals surface area contributed by atoms with Crippen LogP contribution in [-0.2, 0) is 0 Å². The Kier molecular flexibility index (Phi) is 5.31. The van der Waals surface area contributed by atoms with Crippen molar-refractivity contribution in [2.45, 2.75) is 19.9 Å². The second-order valence-corrected chi connectivity index (χ2v) is 5.55. The van der Waals surface area contributed by atoms with Crippen molar-refractivity contribution >= 4 is 15.9 Å². The molecule has 0 fully saturated rings. The van der Waals surface area contributed by atoms with Crippen molar-refractivity contribution in [3.05, 3.63) is 58.1 Å². The summed E-state index contributed by atoms with van der Waals surface area (Å²) in [4.78, 5) is 0. The van der Waals surface area contributed by atoms with Crippen LogP contribution in [0.25, 0.3) is 0 Å². The fourth-order valence-electron chi connectivity index (χ4n) is 2.04. The fourth-order valence-corrected chi connectivity index (χ4v) is 2.42. The van der Waals surface area contributed by atoms with E-state index in [1.54, 1.807) is 6.07 Å². The number of halogens is 3. The van der Waals surface area contributed by atoms with E-state index in [4.69, 9.17) is 4.74 Å². The topological polar surface area (TPSA) is 21.3 Å². The second kappa shape index (κ2) is 7.00. The van der Waals surface area contributed by atoms with E-state index < -0.39 is 11.6 Å². The molecule has 0 spiro atoms. The zero-order chi connectivity index (χ0) is 15.4. The number of ether oxygens (including phenoxy) is 1. The van der Waals surface area contributed by atoms with Gasteiger partial charge in [-0.25, -0.2) is 8.78 Å². The van der Waals surface area contributed by atoms with Gasteiger partial charge in [0.05, 0.1) is 0 Å². The summed E-state index contributed by atoms with van der Waals surface area (Å²) in [6.07, 6.45) is 0. The highest BCUT2D eigenvalue weighted by atomic mass is 79.9. The van der Waals surface area contributed by atoms with Gasteiger partial charge in [0.2, 0.25) is 0 Å². The molecule has 0 amide bonds. The highest BCUT2D eigenvalue weighted by Gasteiger charge is 2.14. The van der Waals surface area contributed by atoms with E-state index in [0.717, 1.165) is 22.6 Å². The Morgan fingerprint density at radius 3 is 2.52 bits per heavy atom. The van der Waals surface area contributed by atoms with Gasteiger partial charge in [0.15, 0.2) is 11.6 Å². The van der Waals surface area contributed by atoms with Crippen LogP contribution in [0.3, 0.4) is 0 Å². The van der Waals surface area contributed by atoms with Gasteiger partial charge in [-0.05, 0) is 43.8 Å². The minimum absolute atomic E-state index is 0.00340. The lowest BCUT2D eigenvalue weighted by atomic mass is 10.1. The first-order valence-electron chi connectivity index (χ1n) is 6.67. The van der Waals surface area contributed by atoms with Gasteiger partial charge in [-0.2, -0.15) is 0 Å². The monoisotopic (exact) mass is 355 g/mol. The van der Waals surface area contributed by atoms with E-state index in [-0.39, 0.29) is 11.8 Å². The predicted molar refractivity (Wildman–Crippen MR) is 82.7 cm³/mol.